The molecule has 0 saturated heterocycles. The zero-order chi connectivity index (χ0) is 16.8. The molecule has 1 aromatic heterocycles. The summed E-state index contributed by atoms with van der Waals surface area (Å²) in [4.78, 5) is 16.5. The normalized spacial score (nSPS) is 11.9. The predicted molar refractivity (Wildman–Crippen MR) is 94.7 cm³/mol. The van der Waals surface area contributed by atoms with E-state index in [9.17, 15) is 4.79 Å². The van der Waals surface area contributed by atoms with E-state index < -0.39 is 6.10 Å². The Morgan fingerprint density at radius 1 is 1.12 bits per heavy atom. The van der Waals surface area contributed by atoms with Crippen molar-refractivity contribution in [2.24, 2.45) is 0 Å². The number of ether oxygens (including phenoxy) is 1. The average Bonchev–Trinajstić information content (AvgIpc) is 2.65. The van der Waals surface area contributed by atoms with Crippen molar-refractivity contribution < 1.29 is 9.53 Å². The van der Waals surface area contributed by atoms with Gasteiger partial charge in [0.25, 0.3) is 5.91 Å². The molecule has 122 valence electrons. The minimum atomic E-state index is -0.521. The molecule has 0 fully saturated rings. The van der Waals surface area contributed by atoms with Crippen LogP contribution in [-0.2, 0) is 11.3 Å². The van der Waals surface area contributed by atoms with Crippen molar-refractivity contribution in [1.29, 1.82) is 0 Å². The first-order chi connectivity index (χ1) is 11.8. The molecule has 0 aliphatic carbocycles. The third-order valence-electron chi connectivity index (χ3n) is 3.87. The van der Waals surface area contributed by atoms with Gasteiger partial charge in [0.1, 0.15) is 5.75 Å². The van der Waals surface area contributed by atoms with Gasteiger partial charge in [-0.15, -0.1) is 0 Å². The molecule has 0 saturated carbocycles. The zero-order valence-corrected chi connectivity index (χ0v) is 13.6. The van der Waals surface area contributed by atoms with E-state index in [-0.39, 0.29) is 5.91 Å². The largest absolute Gasteiger partial charge is 0.480 e. The van der Waals surface area contributed by atoms with Crippen LogP contribution in [0.2, 0.25) is 0 Å². The highest BCUT2D eigenvalue weighted by molar-refractivity contribution is 5.89. The summed E-state index contributed by atoms with van der Waals surface area (Å²) in [5, 5.41) is 5.02. The number of nitrogens with one attached hydrogen (secondary N) is 1. The van der Waals surface area contributed by atoms with Crippen molar-refractivity contribution in [1.82, 2.24) is 10.3 Å². The Hall–Kier alpha value is -2.88. The third kappa shape index (κ3) is 3.71. The first-order valence-corrected chi connectivity index (χ1v) is 8.09. The van der Waals surface area contributed by atoms with Crippen LogP contribution in [0.15, 0.2) is 67.0 Å². The highest BCUT2D eigenvalue weighted by Gasteiger charge is 2.19. The van der Waals surface area contributed by atoms with Gasteiger partial charge in [-0.3, -0.25) is 9.78 Å². The second-order valence-electron chi connectivity index (χ2n) is 5.57. The van der Waals surface area contributed by atoms with Crippen LogP contribution in [0.4, 0.5) is 0 Å². The third-order valence-corrected chi connectivity index (χ3v) is 3.87. The first kappa shape index (κ1) is 16.0. The number of benzene rings is 2. The van der Waals surface area contributed by atoms with Gasteiger partial charge in [0.2, 0.25) is 0 Å². The maximum absolute atomic E-state index is 12.4. The minimum absolute atomic E-state index is 0.116. The smallest absolute Gasteiger partial charge is 0.261 e. The monoisotopic (exact) mass is 320 g/mol. The van der Waals surface area contributed by atoms with Crippen LogP contribution >= 0.6 is 0 Å². The molecule has 0 aliphatic heterocycles. The predicted octanol–water partition coefficient (Wildman–Crippen LogP) is 3.71. The lowest BCUT2D eigenvalue weighted by Gasteiger charge is -2.18. The van der Waals surface area contributed by atoms with Gasteiger partial charge in [-0.05, 0) is 29.5 Å². The van der Waals surface area contributed by atoms with E-state index in [0.717, 1.165) is 22.1 Å². The van der Waals surface area contributed by atoms with Gasteiger partial charge in [-0.2, -0.15) is 0 Å². The van der Waals surface area contributed by atoms with Crippen LogP contribution in [0.5, 0.6) is 5.75 Å². The molecule has 2 aromatic carbocycles. The second-order valence-corrected chi connectivity index (χ2v) is 5.57. The van der Waals surface area contributed by atoms with E-state index in [1.165, 1.54) is 0 Å². The van der Waals surface area contributed by atoms with Crippen molar-refractivity contribution >= 4 is 16.7 Å². The number of hydrogen-bond acceptors (Lipinski definition) is 3. The number of pyridine rings is 1. The van der Waals surface area contributed by atoms with Crippen molar-refractivity contribution in [3.05, 3.63) is 72.6 Å². The van der Waals surface area contributed by atoms with Gasteiger partial charge in [-0.1, -0.05) is 49.4 Å². The highest BCUT2D eigenvalue weighted by Crippen LogP contribution is 2.26. The van der Waals surface area contributed by atoms with Gasteiger partial charge in [-0.25, -0.2) is 0 Å². The summed E-state index contributed by atoms with van der Waals surface area (Å²) in [7, 11) is 0. The first-order valence-electron chi connectivity index (χ1n) is 8.09. The number of fused-ring (bicyclic) bond motifs is 1. The Labute approximate surface area is 141 Å². The molecule has 1 amide bonds. The zero-order valence-electron chi connectivity index (χ0n) is 13.6. The quantitative estimate of drug-likeness (QED) is 0.753. The molecular weight excluding hydrogens is 300 g/mol. The average molecular weight is 320 g/mol. The molecule has 4 heteroatoms. The maximum atomic E-state index is 12.4. The van der Waals surface area contributed by atoms with E-state index in [4.69, 9.17) is 4.74 Å². The molecule has 0 aliphatic rings. The summed E-state index contributed by atoms with van der Waals surface area (Å²) in [6, 6.07) is 17.7. The lowest BCUT2D eigenvalue weighted by molar-refractivity contribution is -0.128. The Balaban J connectivity index is 1.70. The van der Waals surface area contributed by atoms with Crippen molar-refractivity contribution in [2.75, 3.05) is 0 Å². The van der Waals surface area contributed by atoms with Gasteiger partial charge in [0, 0.05) is 24.3 Å². The fourth-order valence-corrected chi connectivity index (χ4v) is 2.58. The molecule has 3 aromatic rings. The van der Waals surface area contributed by atoms with Crippen LogP contribution in [0.25, 0.3) is 10.8 Å². The summed E-state index contributed by atoms with van der Waals surface area (Å²) < 4.78 is 6.00. The summed E-state index contributed by atoms with van der Waals surface area (Å²) in [5.74, 6) is 0.616. The Morgan fingerprint density at radius 3 is 2.75 bits per heavy atom. The number of carbonyl (C=O) groups is 1. The van der Waals surface area contributed by atoms with Crippen molar-refractivity contribution in [3.8, 4) is 5.75 Å². The summed E-state index contributed by atoms with van der Waals surface area (Å²) >= 11 is 0. The number of rotatable bonds is 6. The minimum Gasteiger partial charge on any atom is -0.480 e. The van der Waals surface area contributed by atoms with E-state index >= 15 is 0 Å². The number of carbonyl (C=O) groups excluding carboxylic acids is 1. The van der Waals surface area contributed by atoms with E-state index in [1.54, 1.807) is 12.4 Å². The van der Waals surface area contributed by atoms with Crippen LogP contribution < -0.4 is 10.1 Å². The molecular formula is C20H20N2O2. The van der Waals surface area contributed by atoms with Gasteiger partial charge in [0.15, 0.2) is 6.10 Å². The fourth-order valence-electron chi connectivity index (χ4n) is 2.58. The van der Waals surface area contributed by atoms with Gasteiger partial charge in [0.05, 0.1) is 0 Å². The molecule has 1 atom stereocenters. The summed E-state index contributed by atoms with van der Waals surface area (Å²) in [6.45, 7) is 2.39. The SMILES string of the molecule is CC[C@@H](Oc1cccc2ccccc12)C(=O)NCc1cccnc1. The van der Waals surface area contributed by atoms with Gasteiger partial charge < -0.3 is 10.1 Å². The summed E-state index contributed by atoms with van der Waals surface area (Å²) in [6.07, 6.45) is 3.53. The lowest BCUT2D eigenvalue weighted by atomic mass is 10.1. The summed E-state index contributed by atoms with van der Waals surface area (Å²) in [5.41, 5.74) is 0.964. The van der Waals surface area contributed by atoms with Crippen LogP contribution in [-0.4, -0.2) is 17.0 Å². The van der Waals surface area contributed by atoms with Crippen LogP contribution in [0.1, 0.15) is 18.9 Å². The number of amides is 1. The van der Waals surface area contributed by atoms with Gasteiger partial charge >= 0.3 is 0 Å². The molecule has 1 heterocycles. The highest BCUT2D eigenvalue weighted by atomic mass is 16.5. The molecule has 1 N–H and O–H groups in total. The number of aromatic nitrogens is 1. The molecule has 24 heavy (non-hydrogen) atoms. The molecule has 4 nitrogen and oxygen atoms in total. The molecule has 0 radical (unpaired) electrons. The topological polar surface area (TPSA) is 51.2 Å². The molecule has 0 unspecified atom stereocenters. The van der Waals surface area contributed by atoms with Crippen molar-refractivity contribution in [2.45, 2.75) is 26.0 Å². The molecule has 0 bridgehead atoms. The fraction of sp³-hybridized carbons (Fsp3) is 0.200. The molecule has 3 rings (SSSR count). The van der Waals surface area contributed by atoms with E-state index in [0.29, 0.717) is 13.0 Å². The van der Waals surface area contributed by atoms with E-state index in [1.807, 2.05) is 61.5 Å². The second kappa shape index (κ2) is 7.59. The molecule has 0 spiro atoms. The Morgan fingerprint density at radius 2 is 1.96 bits per heavy atom. The standard InChI is InChI=1S/C20H20N2O2/c1-2-18(20(23)22-14-15-7-6-12-21-13-15)24-19-11-5-9-16-8-3-4-10-17(16)19/h3-13,18H,2,14H2,1H3,(H,22,23)/t18-/m1/s1. The maximum Gasteiger partial charge on any atom is 0.261 e. The number of nitrogens with zero attached hydrogens (tertiary/aromatic N) is 1. The van der Waals surface area contributed by atoms with Crippen molar-refractivity contribution in [3.63, 3.8) is 0 Å². The van der Waals surface area contributed by atoms with Crippen LogP contribution in [0, 0.1) is 0 Å². The Bertz CT molecular complexity index is 813. The van der Waals surface area contributed by atoms with Crippen LogP contribution in [0.3, 0.4) is 0 Å². The Kier molecular flexibility index (Phi) is 5.06. The lowest BCUT2D eigenvalue weighted by Crippen LogP contribution is -2.37. The van der Waals surface area contributed by atoms with E-state index in [2.05, 4.69) is 10.3 Å². The number of hydrogen-bond donors (Lipinski definition) is 1.